The van der Waals surface area contributed by atoms with Crippen molar-refractivity contribution in [1.82, 2.24) is 10.2 Å². The second-order valence-electron chi connectivity index (χ2n) is 6.73. The van der Waals surface area contributed by atoms with Crippen molar-refractivity contribution in [2.75, 3.05) is 0 Å². The number of aromatic nitrogens is 2. The van der Waals surface area contributed by atoms with Gasteiger partial charge in [-0.3, -0.25) is 14.4 Å². The molecule has 1 N–H and O–H groups in total. The number of ketones is 1. The third-order valence-corrected chi connectivity index (χ3v) is 4.73. The smallest absolute Gasteiger partial charge is 0.313 e. The van der Waals surface area contributed by atoms with Crippen LogP contribution >= 0.6 is 0 Å². The zero-order chi connectivity index (χ0) is 20.9. The summed E-state index contributed by atoms with van der Waals surface area (Å²) in [5.74, 6) is -0.924. The van der Waals surface area contributed by atoms with E-state index < -0.39 is 12.1 Å². The zero-order valence-electron chi connectivity index (χ0n) is 15.9. The van der Waals surface area contributed by atoms with Crippen LogP contribution in [0.25, 0.3) is 10.8 Å². The minimum Gasteiger partial charge on any atom is -0.449 e. The lowest BCUT2D eigenvalue weighted by atomic mass is 10.00. The van der Waals surface area contributed by atoms with Crippen LogP contribution in [0.4, 0.5) is 0 Å². The largest absolute Gasteiger partial charge is 0.449 e. The Labute approximate surface area is 172 Å². The van der Waals surface area contributed by atoms with Gasteiger partial charge in [0.1, 0.15) is 0 Å². The molecule has 0 amide bonds. The Morgan fingerprint density at radius 3 is 2.13 bits per heavy atom. The molecule has 30 heavy (non-hydrogen) atoms. The molecule has 0 aliphatic rings. The summed E-state index contributed by atoms with van der Waals surface area (Å²) >= 11 is 0. The number of carbonyl (C=O) groups excluding carboxylic acids is 2. The number of esters is 1. The second kappa shape index (κ2) is 8.53. The summed E-state index contributed by atoms with van der Waals surface area (Å²) in [5.41, 5.74) is 1.09. The van der Waals surface area contributed by atoms with Gasteiger partial charge >= 0.3 is 5.97 Å². The topological polar surface area (TPSA) is 89.1 Å². The molecule has 0 radical (unpaired) electrons. The number of nitrogens with one attached hydrogen (secondary N) is 1. The van der Waals surface area contributed by atoms with E-state index in [1.54, 1.807) is 72.8 Å². The maximum atomic E-state index is 13.0. The summed E-state index contributed by atoms with van der Waals surface area (Å²) in [7, 11) is 0. The van der Waals surface area contributed by atoms with Crippen molar-refractivity contribution >= 4 is 22.5 Å². The molecular weight excluding hydrogens is 380 g/mol. The summed E-state index contributed by atoms with van der Waals surface area (Å²) in [6.45, 7) is 0. The molecule has 0 saturated heterocycles. The lowest BCUT2D eigenvalue weighted by Gasteiger charge is -2.17. The average Bonchev–Trinajstić information content (AvgIpc) is 2.80. The maximum Gasteiger partial charge on any atom is 0.313 e. The van der Waals surface area contributed by atoms with E-state index in [1.165, 1.54) is 0 Å². The van der Waals surface area contributed by atoms with E-state index in [2.05, 4.69) is 10.2 Å². The number of hydrogen-bond donors (Lipinski definition) is 1. The SMILES string of the molecule is O=C(Cc1n[nH]c(=O)c2ccccc12)O[C@H](C(=O)c1ccccc1)c1ccccc1. The van der Waals surface area contributed by atoms with Crippen molar-refractivity contribution in [1.29, 1.82) is 0 Å². The van der Waals surface area contributed by atoms with Crippen molar-refractivity contribution in [3.8, 4) is 0 Å². The fourth-order valence-corrected chi connectivity index (χ4v) is 3.27. The number of benzene rings is 3. The molecule has 0 aliphatic carbocycles. The van der Waals surface area contributed by atoms with Gasteiger partial charge in [-0.2, -0.15) is 5.10 Å². The number of carbonyl (C=O) groups is 2. The summed E-state index contributed by atoms with van der Waals surface area (Å²) < 4.78 is 5.62. The molecule has 1 atom stereocenters. The van der Waals surface area contributed by atoms with Gasteiger partial charge in [0.2, 0.25) is 5.78 Å². The molecule has 3 aromatic carbocycles. The Morgan fingerprint density at radius 2 is 1.43 bits per heavy atom. The molecule has 0 spiro atoms. The highest BCUT2D eigenvalue weighted by Crippen LogP contribution is 2.24. The van der Waals surface area contributed by atoms with Gasteiger partial charge in [-0.15, -0.1) is 0 Å². The first-order valence-electron chi connectivity index (χ1n) is 9.43. The van der Waals surface area contributed by atoms with Gasteiger partial charge < -0.3 is 4.74 Å². The second-order valence-corrected chi connectivity index (χ2v) is 6.73. The summed E-state index contributed by atoms with van der Waals surface area (Å²) in [4.78, 5) is 37.8. The minimum atomic E-state index is -1.07. The van der Waals surface area contributed by atoms with Crippen LogP contribution in [0.1, 0.15) is 27.7 Å². The fraction of sp³-hybridized carbons (Fsp3) is 0.0833. The zero-order valence-corrected chi connectivity index (χ0v) is 15.9. The van der Waals surface area contributed by atoms with Crippen LogP contribution < -0.4 is 5.56 Å². The molecule has 148 valence electrons. The maximum absolute atomic E-state index is 13.0. The van der Waals surface area contributed by atoms with Crippen LogP contribution in [0.5, 0.6) is 0 Å². The normalized spacial score (nSPS) is 11.7. The molecule has 4 aromatic rings. The van der Waals surface area contributed by atoms with E-state index in [4.69, 9.17) is 4.74 Å². The van der Waals surface area contributed by atoms with E-state index in [-0.39, 0.29) is 17.8 Å². The quantitative estimate of drug-likeness (QED) is 0.396. The highest BCUT2D eigenvalue weighted by atomic mass is 16.5. The fourth-order valence-electron chi connectivity index (χ4n) is 3.27. The Morgan fingerprint density at radius 1 is 0.833 bits per heavy atom. The van der Waals surface area contributed by atoms with Crippen LogP contribution in [-0.4, -0.2) is 21.9 Å². The Hall–Kier alpha value is -4.06. The van der Waals surface area contributed by atoms with Gasteiger partial charge in [0.15, 0.2) is 6.10 Å². The van der Waals surface area contributed by atoms with Crippen LogP contribution in [0.3, 0.4) is 0 Å². The van der Waals surface area contributed by atoms with Crippen molar-refractivity contribution in [3.05, 3.63) is 112 Å². The molecule has 0 fully saturated rings. The first-order chi connectivity index (χ1) is 14.6. The van der Waals surface area contributed by atoms with Gasteiger partial charge in [-0.05, 0) is 6.07 Å². The average molecular weight is 398 g/mol. The molecule has 0 aliphatic heterocycles. The van der Waals surface area contributed by atoms with Crippen LogP contribution in [0, 0.1) is 0 Å². The van der Waals surface area contributed by atoms with Crippen molar-refractivity contribution < 1.29 is 14.3 Å². The number of hydrogen-bond acceptors (Lipinski definition) is 5. The van der Waals surface area contributed by atoms with Crippen molar-refractivity contribution in [2.24, 2.45) is 0 Å². The third kappa shape index (κ3) is 4.03. The minimum absolute atomic E-state index is 0.178. The monoisotopic (exact) mass is 398 g/mol. The van der Waals surface area contributed by atoms with Crippen molar-refractivity contribution in [3.63, 3.8) is 0 Å². The number of aromatic amines is 1. The number of ether oxygens (including phenoxy) is 1. The first kappa shape index (κ1) is 19.3. The van der Waals surface area contributed by atoms with Crippen LogP contribution in [-0.2, 0) is 16.0 Å². The number of Topliss-reactive ketones (excluding diaryl/α,β-unsaturated/α-hetero) is 1. The predicted octanol–water partition coefficient (Wildman–Crippen LogP) is 3.63. The molecular formula is C24H18N2O4. The Bertz CT molecular complexity index is 1250. The number of H-pyrrole nitrogens is 1. The van der Waals surface area contributed by atoms with Gasteiger partial charge in [0, 0.05) is 16.5 Å². The van der Waals surface area contributed by atoms with E-state index in [1.807, 2.05) is 12.1 Å². The molecule has 6 heteroatoms. The summed E-state index contributed by atoms with van der Waals surface area (Å²) in [6.07, 6.45) is -1.25. The first-order valence-corrected chi connectivity index (χ1v) is 9.43. The van der Waals surface area contributed by atoms with E-state index >= 15 is 0 Å². The predicted molar refractivity (Wildman–Crippen MR) is 112 cm³/mol. The summed E-state index contributed by atoms with van der Waals surface area (Å²) in [5, 5.41) is 7.42. The van der Waals surface area contributed by atoms with Crippen LogP contribution in [0.15, 0.2) is 89.7 Å². The number of nitrogens with zero attached hydrogens (tertiary/aromatic N) is 1. The van der Waals surface area contributed by atoms with Gasteiger partial charge in [-0.25, -0.2) is 5.10 Å². The summed E-state index contributed by atoms with van der Waals surface area (Å²) in [6, 6.07) is 24.5. The Kier molecular flexibility index (Phi) is 5.48. The third-order valence-electron chi connectivity index (χ3n) is 4.73. The lowest BCUT2D eigenvalue weighted by Crippen LogP contribution is -2.22. The lowest BCUT2D eigenvalue weighted by molar-refractivity contribution is -0.146. The van der Waals surface area contributed by atoms with Gasteiger partial charge in [0.25, 0.3) is 5.56 Å². The number of fused-ring (bicyclic) bond motifs is 1. The Balaban J connectivity index is 1.62. The van der Waals surface area contributed by atoms with Gasteiger partial charge in [0.05, 0.1) is 17.5 Å². The molecule has 6 nitrogen and oxygen atoms in total. The molecule has 4 rings (SSSR count). The molecule has 1 aromatic heterocycles. The number of rotatable bonds is 6. The van der Waals surface area contributed by atoms with E-state index in [9.17, 15) is 14.4 Å². The van der Waals surface area contributed by atoms with Gasteiger partial charge in [-0.1, -0.05) is 78.9 Å². The molecule has 1 heterocycles. The van der Waals surface area contributed by atoms with E-state index in [0.29, 0.717) is 27.6 Å². The van der Waals surface area contributed by atoms with E-state index in [0.717, 1.165) is 0 Å². The highest BCUT2D eigenvalue weighted by molar-refractivity contribution is 6.01. The molecule has 0 bridgehead atoms. The van der Waals surface area contributed by atoms with Crippen molar-refractivity contribution in [2.45, 2.75) is 12.5 Å². The molecule has 0 unspecified atom stereocenters. The highest BCUT2D eigenvalue weighted by Gasteiger charge is 2.26. The standard InChI is InChI=1S/C24H18N2O4/c27-21(15-20-18-13-7-8-14-19(18)24(29)26-25-20)30-23(17-11-5-2-6-12-17)22(28)16-9-3-1-4-10-16/h1-14,23H,15H2,(H,26,29)/t23-/m0/s1. The van der Waals surface area contributed by atoms with Crippen LogP contribution in [0.2, 0.25) is 0 Å². The molecule has 0 saturated carbocycles.